The molecule has 3 aromatic heterocycles. The first-order valence-electron chi connectivity index (χ1n) is 8.60. The van der Waals surface area contributed by atoms with Gasteiger partial charge in [-0.2, -0.15) is 4.98 Å². The molecule has 0 saturated carbocycles. The minimum absolute atomic E-state index is 0.289. The fourth-order valence-electron chi connectivity index (χ4n) is 4.00. The Morgan fingerprint density at radius 3 is 3.08 bits per heavy atom. The van der Waals surface area contributed by atoms with E-state index >= 15 is 0 Å². The fourth-order valence-corrected chi connectivity index (χ4v) is 5.23. The van der Waals surface area contributed by atoms with Crippen LogP contribution in [0.3, 0.4) is 0 Å². The van der Waals surface area contributed by atoms with Gasteiger partial charge < -0.3 is 9.42 Å². The molecule has 2 aliphatic rings. The second-order valence-electron chi connectivity index (χ2n) is 6.70. The van der Waals surface area contributed by atoms with Gasteiger partial charge in [-0.15, -0.1) is 11.3 Å². The van der Waals surface area contributed by atoms with Crippen LogP contribution < -0.4 is 4.90 Å². The molecule has 4 heterocycles. The van der Waals surface area contributed by atoms with Crippen LogP contribution in [0.5, 0.6) is 0 Å². The molecular weight excluding hydrogens is 322 g/mol. The van der Waals surface area contributed by atoms with Crippen molar-refractivity contribution in [2.45, 2.75) is 44.9 Å². The molecule has 7 heteroatoms. The van der Waals surface area contributed by atoms with Crippen LogP contribution >= 0.6 is 11.3 Å². The highest BCUT2D eigenvalue weighted by Gasteiger charge is 2.29. The third-order valence-corrected chi connectivity index (χ3v) is 6.29. The highest BCUT2D eigenvalue weighted by Crippen LogP contribution is 2.41. The molecular formula is C17H19N5OS. The normalized spacial score (nSPS) is 20.7. The summed E-state index contributed by atoms with van der Waals surface area (Å²) in [6, 6.07) is 0. The van der Waals surface area contributed by atoms with Gasteiger partial charge in [0.15, 0.2) is 5.82 Å². The molecule has 0 radical (unpaired) electrons. The monoisotopic (exact) mass is 341 g/mol. The number of thiophene rings is 1. The maximum atomic E-state index is 5.42. The predicted octanol–water partition coefficient (Wildman–Crippen LogP) is 3.26. The average molecular weight is 341 g/mol. The maximum absolute atomic E-state index is 5.42. The first-order valence-corrected chi connectivity index (χ1v) is 9.41. The minimum Gasteiger partial charge on any atom is -0.355 e. The van der Waals surface area contributed by atoms with Gasteiger partial charge in [-0.05, 0) is 44.6 Å². The van der Waals surface area contributed by atoms with E-state index in [2.05, 4.69) is 25.0 Å². The number of rotatable bonds is 2. The molecule has 0 aromatic carbocycles. The van der Waals surface area contributed by atoms with Crippen LogP contribution in [0.2, 0.25) is 0 Å². The number of hydrogen-bond acceptors (Lipinski definition) is 7. The van der Waals surface area contributed by atoms with Crippen molar-refractivity contribution in [2.75, 3.05) is 18.0 Å². The van der Waals surface area contributed by atoms with E-state index in [1.165, 1.54) is 28.7 Å². The molecule has 1 atom stereocenters. The van der Waals surface area contributed by atoms with E-state index in [-0.39, 0.29) is 5.92 Å². The Balaban J connectivity index is 1.53. The number of nitrogens with zero attached hydrogens (tertiary/aromatic N) is 5. The van der Waals surface area contributed by atoms with Gasteiger partial charge in [0.1, 0.15) is 17.0 Å². The maximum Gasteiger partial charge on any atom is 0.231 e. The van der Waals surface area contributed by atoms with Gasteiger partial charge in [0, 0.05) is 18.0 Å². The summed E-state index contributed by atoms with van der Waals surface area (Å²) in [6.07, 6.45) is 7.53. The Kier molecular flexibility index (Phi) is 3.29. The largest absolute Gasteiger partial charge is 0.355 e. The molecule has 24 heavy (non-hydrogen) atoms. The molecule has 1 aliphatic carbocycles. The van der Waals surface area contributed by atoms with Crippen LogP contribution in [-0.2, 0) is 12.8 Å². The Bertz CT molecular complexity index is 902. The van der Waals surface area contributed by atoms with Crippen LogP contribution in [0, 0.1) is 6.92 Å². The molecule has 1 saturated heterocycles. The first kappa shape index (κ1) is 14.3. The number of anilines is 1. The lowest BCUT2D eigenvalue weighted by atomic mass is 9.97. The summed E-state index contributed by atoms with van der Waals surface area (Å²) in [7, 11) is 0. The van der Waals surface area contributed by atoms with Gasteiger partial charge in [0.2, 0.25) is 5.89 Å². The Hall–Kier alpha value is -2.02. The van der Waals surface area contributed by atoms with Crippen LogP contribution in [-0.4, -0.2) is 33.2 Å². The molecule has 1 aliphatic heterocycles. The summed E-state index contributed by atoms with van der Waals surface area (Å²) >= 11 is 1.85. The summed E-state index contributed by atoms with van der Waals surface area (Å²) in [5, 5.41) is 5.24. The van der Waals surface area contributed by atoms with Crippen molar-refractivity contribution in [2.24, 2.45) is 0 Å². The summed E-state index contributed by atoms with van der Waals surface area (Å²) in [5.74, 6) is 2.86. The topological polar surface area (TPSA) is 67.9 Å². The van der Waals surface area contributed by atoms with Gasteiger partial charge in [-0.3, -0.25) is 0 Å². The summed E-state index contributed by atoms with van der Waals surface area (Å²) in [6.45, 7) is 3.79. The number of aromatic nitrogens is 4. The van der Waals surface area contributed by atoms with Crippen LogP contribution in [0.1, 0.15) is 47.3 Å². The second-order valence-corrected chi connectivity index (χ2v) is 7.78. The van der Waals surface area contributed by atoms with Gasteiger partial charge in [-0.1, -0.05) is 5.16 Å². The van der Waals surface area contributed by atoms with Crippen LogP contribution in [0.15, 0.2) is 10.9 Å². The van der Waals surface area contributed by atoms with Crippen molar-refractivity contribution in [3.63, 3.8) is 0 Å². The van der Waals surface area contributed by atoms with Crippen molar-refractivity contribution >= 4 is 27.4 Å². The summed E-state index contributed by atoms with van der Waals surface area (Å²) < 4.78 is 5.42. The van der Waals surface area contributed by atoms with Gasteiger partial charge in [0.25, 0.3) is 0 Å². The van der Waals surface area contributed by atoms with Crippen molar-refractivity contribution in [1.29, 1.82) is 0 Å². The number of piperidine rings is 1. The zero-order chi connectivity index (χ0) is 16.1. The Morgan fingerprint density at radius 2 is 2.21 bits per heavy atom. The second kappa shape index (κ2) is 5.51. The highest BCUT2D eigenvalue weighted by molar-refractivity contribution is 7.19. The van der Waals surface area contributed by atoms with Crippen molar-refractivity contribution in [1.82, 2.24) is 20.1 Å². The first-order chi connectivity index (χ1) is 11.8. The van der Waals surface area contributed by atoms with E-state index in [4.69, 9.17) is 4.52 Å². The number of fused-ring (bicyclic) bond motifs is 3. The Labute approximate surface area is 143 Å². The molecule has 0 amide bonds. The highest BCUT2D eigenvalue weighted by atomic mass is 32.1. The molecule has 124 valence electrons. The smallest absolute Gasteiger partial charge is 0.231 e. The van der Waals surface area contributed by atoms with E-state index in [0.29, 0.717) is 5.82 Å². The predicted molar refractivity (Wildman–Crippen MR) is 92.7 cm³/mol. The van der Waals surface area contributed by atoms with Gasteiger partial charge in [-0.25, -0.2) is 9.97 Å². The lowest BCUT2D eigenvalue weighted by molar-refractivity contribution is 0.331. The minimum atomic E-state index is 0.289. The van der Waals surface area contributed by atoms with E-state index in [0.717, 1.165) is 48.9 Å². The number of aryl methyl sites for hydroxylation is 3. The molecule has 5 rings (SSSR count). The standard InChI is InChI=1S/C17H19N5OS/c1-10-20-16(23-21-10)11-4-3-7-22(8-11)15-14-12-5-2-6-13(12)24-17(14)19-9-18-15/h9,11H,2-8H2,1H3/t11-/m0/s1. The summed E-state index contributed by atoms with van der Waals surface area (Å²) in [4.78, 5) is 18.7. The molecule has 3 aromatic rings. The SMILES string of the molecule is Cc1noc([C@H]2CCCN(c3ncnc4sc5c(c34)CCC5)C2)n1. The third-order valence-electron chi connectivity index (χ3n) is 5.09. The average Bonchev–Trinajstić information content (AvgIpc) is 3.30. The molecule has 6 nitrogen and oxygen atoms in total. The molecule has 1 fully saturated rings. The van der Waals surface area contributed by atoms with Crippen LogP contribution in [0.25, 0.3) is 10.2 Å². The quantitative estimate of drug-likeness (QED) is 0.713. The molecule has 0 unspecified atom stereocenters. The third kappa shape index (κ3) is 2.22. The molecule has 0 bridgehead atoms. The van der Waals surface area contributed by atoms with Gasteiger partial charge in [0.05, 0.1) is 11.3 Å². The van der Waals surface area contributed by atoms with E-state index in [1.54, 1.807) is 6.33 Å². The van der Waals surface area contributed by atoms with E-state index in [1.807, 2.05) is 18.3 Å². The lowest BCUT2D eigenvalue weighted by Crippen LogP contribution is -2.35. The fraction of sp³-hybridized carbons (Fsp3) is 0.529. The van der Waals surface area contributed by atoms with E-state index in [9.17, 15) is 0 Å². The molecule has 0 N–H and O–H groups in total. The van der Waals surface area contributed by atoms with Crippen molar-refractivity contribution in [3.8, 4) is 0 Å². The summed E-state index contributed by atoms with van der Waals surface area (Å²) in [5.41, 5.74) is 1.49. The zero-order valence-electron chi connectivity index (χ0n) is 13.7. The Morgan fingerprint density at radius 1 is 1.25 bits per heavy atom. The van der Waals surface area contributed by atoms with Gasteiger partial charge >= 0.3 is 0 Å². The molecule has 0 spiro atoms. The number of hydrogen-bond donors (Lipinski definition) is 0. The van der Waals surface area contributed by atoms with Crippen molar-refractivity contribution < 1.29 is 4.52 Å². The zero-order valence-corrected chi connectivity index (χ0v) is 14.5. The van der Waals surface area contributed by atoms with Crippen molar-refractivity contribution in [3.05, 3.63) is 28.5 Å². The van der Waals surface area contributed by atoms with Crippen LogP contribution in [0.4, 0.5) is 5.82 Å². The van der Waals surface area contributed by atoms with E-state index < -0.39 is 0 Å². The lowest BCUT2D eigenvalue weighted by Gasteiger charge is -2.32.